The van der Waals surface area contributed by atoms with E-state index in [1.807, 2.05) is 24.3 Å². The molecule has 1 aliphatic heterocycles. The van der Waals surface area contributed by atoms with Gasteiger partial charge in [-0.3, -0.25) is 4.90 Å². The lowest BCUT2D eigenvalue weighted by atomic mass is 9.96. The van der Waals surface area contributed by atoms with Crippen LogP contribution in [0.5, 0.6) is 0 Å². The van der Waals surface area contributed by atoms with Crippen LogP contribution in [0, 0.1) is 0 Å². The minimum Gasteiger partial charge on any atom is -0.353 e. The van der Waals surface area contributed by atoms with Crippen LogP contribution in [0.25, 0.3) is 5.57 Å². The summed E-state index contributed by atoms with van der Waals surface area (Å²) in [7, 11) is -3.21. The van der Waals surface area contributed by atoms with Crippen LogP contribution in [-0.4, -0.2) is 43.7 Å². The number of rotatable bonds is 6. The predicted octanol–water partition coefficient (Wildman–Crippen LogP) is 5.20. The highest BCUT2D eigenvalue weighted by Gasteiger charge is 2.28. The van der Waals surface area contributed by atoms with Gasteiger partial charge < -0.3 is 4.90 Å². The maximum atomic E-state index is 11.9. The van der Waals surface area contributed by atoms with E-state index in [2.05, 4.69) is 78.4 Å². The highest BCUT2D eigenvalue weighted by Crippen LogP contribution is 2.34. The summed E-state index contributed by atoms with van der Waals surface area (Å²) in [5.74, 6) is 0. The summed E-state index contributed by atoms with van der Waals surface area (Å²) in [6.45, 7) is 6.07. The van der Waals surface area contributed by atoms with Crippen LogP contribution < -0.4 is 0 Å². The molecular formula is C27H30N2O2S. The second-order valence-corrected chi connectivity index (χ2v) is 10.7. The van der Waals surface area contributed by atoms with Crippen LogP contribution in [0.1, 0.15) is 36.6 Å². The van der Waals surface area contributed by atoms with Crippen molar-refractivity contribution in [1.29, 1.82) is 0 Å². The maximum absolute atomic E-state index is 11.9. The minimum atomic E-state index is -3.21. The van der Waals surface area contributed by atoms with E-state index in [-0.39, 0.29) is 6.04 Å². The van der Waals surface area contributed by atoms with Crippen LogP contribution in [0.2, 0.25) is 0 Å². The quantitative estimate of drug-likeness (QED) is 0.522. The minimum absolute atomic E-state index is 0.0873. The summed E-state index contributed by atoms with van der Waals surface area (Å²) in [6.07, 6.45) is 3.49. The molecule has 4 rings (SSSR count). The molecule has 0 fully saturated rings. The summed E-state index contributed by atoms with van der Waals surface area (Å²) < 4.78 is 23.8. The molecule has 166 valence electrons. The van der Waals surface area contributed by atoms with Crippen molar-refractivity contribution in [3.8, 4) is 0 Å². The Balaban J connectivity index is 1.78. The van der Waals surface area contributed by atoms with E-state index in [0.29, 0.717) is 10.9 Å². The Labute approximate surface area is 191 Å². The fourth-order valence-corrected chi connectivity index (χ4v) is 4.82. The van der Waals surface area contributed by atoms with Gasteiger partial charge in [-0.15, -0.1) is 0 Å². The number of sulfone groups is 1. The third-order valence-electron chi connectivity index (χ3n) is 5.99. The molecule has 0 bridgehead atoms. The lowest BCUT2D eigenvalue weighted by molar-refractivity contribution is 0.123. The smallest absolute Gasteiger partial charge is 0.175 e. The van der Waals surface area contributed by atoms with E-state index in [0.717, 1.165) is 18.8 Å². The normalized spacial score (nSPS) is 15.3. The highest BCUT2D eigenvalue weighted by molar-refractivity contribution is 7.90. The first-order valence-electron chi connectivity index (χ1n) is 10.9. The van der Waals surface area contributed by atoms with Crippen molar-refractivity contribution >= 4 is 15.4 Å². The van der Waals surface area contributed by atoms with E-state index >= 15 is 0 Å². The summed E-state index contributed by atoms with van der Waals surface area (Å²) in [5, 5.41) is 0. The number of hydrogen-bond donors (Lipinski definition) is 0. The van der Waals surface area contributed by atoms with E-state index < -0.39 is 9.84 Å². The standard InChI is InChI=1S/C27H30N2O2S/c1-21(2)28-18-25(22-14-16-26(17-15-22)32(3,30)31)19-29(20-28)27(23-10-6-4-7-11-23)24-12-8-5-9-13-24/h4-17,19,21,27H,18,20H2,1-3H3. The average molecular weight is 447 g/mol. The Morgan fingerprint density at radius 2 is 1.31 bits per heavy atom. The molecule has 1 aliphatic rings. The van der Waals surface area contributed by atoms with E-state index in [1.54, 1.807) is 12.1 Å². The first-order chi connectivity index (χ1) is 15.3. The molecule has 0 unspecified atom stereocenters. The molecule has 3 aromatic carbocycles. The van der Waals surface area contributed by atoms with Gasteiger partial charge in [-0.2, -0.15) is 0 Å². The van der Waals surface area contributed by atoms with Gasteiger partial charge >= 0.3 is 0 Å². The van der Waals surface area contributed by atoms with Crippen molar-refractivity contribution in [3.63, 3.8) is 0 Å². The van der Waals surface area contributed by atoms with Crippen molar-refractivity contribution in [3.05, 3.63) is 108 Å². The van der Waals surface area contributed by atoms with Gasteiger partial charge in [0.2, 0.25) is 0 Å². The van der Waals surface area contributed by atoms with Crippen molar-refractivity contribution < 1.29 is 8.42 Å². The molecule has 3 aromatic rings. The van der Waals surface area contributed by atoms with Gasteiger partial charge in [0.1, 0.15) is 0 Å². The lowest BCUT2D eigenvalue weighted by Gasteiger charge is -2.42. The second kappa shape index (κ2) is 9.31. The van der Waals surface area contributed by atoms with Crippen molar-refractivity contribution in [2.24, 2.45) is 0 Å². The molecule has 5 heteroatoms. The number of hydrogen-bond acceptors (Lipinski definition) is 4. The Morgan fingerprint density at radius 1 is 0.781 bits per heavy atom. The first kappa shape index (κ1) is 22.3. The highest BCUT2D eigenvalue weighted by atomic mass is 32.2. The topological polar surface area (TPSA) is 40.6 Å². The first-order valence-corrected chi connectivity index (χ1v) is 12.8. The monoisotopic (exact) mass is 446 g/mol. The average Bonchev–Trinajstić information content (AvgIpc) is 2.80. The van der Waals surface area contributed by atoms with Gasteiger partial charge in [0.05, 0.1) is 17.6 Å². The van der Waals surface area contributed by atoms with Gasteiger partial charge in [0.25, 0.3) is 0 Å². The fraction of sp³-hybridized carbons (Fsp3) is 0.259. The molecule has 0 amide bonds. The van der Waals surface area contributed by atoms with E-state index in [1.165, 1.54) is 23.0 Å². The Bertz CT molecular complexity index is 1130. The van der Waals surface area contributed by atoms with Crippen molar-refractivity contribution in [2.45, 2.75) is 30.8 Å². The Morgan fingerprint density at radius 3 is 1.78 bits per heavy atom. The molecule has 0 radical (unpaired) electrons. The van der Waals surface area contributed by atoms with Gasteiger partial charge in [-0.05, 0) is 48.2 Å². The molecular weight excluding hydrogens is 416 g/mol. The fourth-order valence-electron chi connectivity index (χ4n) is 4.19. The van der Waals surface area contributed by atoms with Crippen LogP contribution in [0.4, 0.5) is 0 Å². The van der Waals surface area contributed by atoms with Crippen LogP contribution >= 0.6 is 0 Å². The van der Waals surface area contributed by atoms with Crippen LogP contribution in [0.15, 0.2) is 96.0 Å². The van der Waals surface area contributed by atoms with Gasteiger partial charge in [0, 0.05) is 25.0 Å². The molecule has 0 saturated carbocycles. The molecule has 32 heavy (non-hydrogen) atoms. The maximum Gasteiger partial charge on any atom is 0.175 e. The lowest BCUT2D eigenvalue weighted by Crippen LogP contribution is -2.45. The van der Waals surface area contributed by atoms with Gasteiger partial charge in [-0.25, -0.2) is 8.42 Å². The molecule has 0 N–H and O–H groups in total. The zero-order chi connectivity index (χ0) is 22.7. The molecule has 1 heterocycles. The Kier molecular flexibility index (Phi) is 6.49. The molecule has 4 nitrogen and oxygen atoms in total. The number of benzene rings is 3. The summed E-state index contributed by atoms with van der Waals surface area (Å²) in [4.78, 5) is 5.19. The van der Waals surface area contributed by atoms with E-state index in [9.17, 15) is 8.42 Å². The largest absolute Gasteiger partial charge is 0.353 e. The third kappa shape index (κ3) is 4.95. The molecule has 0 spiro atoms. The Hall–Kier alpha value is -2.89. The zero-order valence-corrected chi connectivity index (χ0v) is 19.7. The van der Waals surface area contributed by atoms with Crippen molar-refractivity contribution in [1.82, 2.24) is 9.80 Å². The molecule has 0 aromatic heterocycles. The van der Waals surface area contributed by atoms with Crippen LogP contribution in [-0.2, 0) is 9.84 Å². The summed E-state index contributed by atoms with van der Waals surface area (Å²) >= 11 is 0. The molecule has 0 aliphatic carbocycles. The molecule has 0 atom stereocenters. The van der Waals surface area contributed by atoms with Gasteiger partial charge in [-0.1, -0.05) is 72.8 Å². The van der Waals surface area contributed by atoms with Crippen molar-refractivity contribution in [2.75, 3.05) is 19.5 Å². The number of nitrogens with zero attached hydrogens (tertiary/aromatic N) is 2. The molecule has 0 saturated heterocycles. The predicted molar refractivity (Wildman–Crippen MR) is 131 cm³/mol. The summed E-state index contributed by atoms with van der Waals surface area (Å²) in [6, 6.07) is 28.9. The zero-order valence-electron chi connectivity index (χ0n) is 18.8. The van der Waals surface area contributed by atoms with Crippen LogP contribution in [0.3, 0.4) is 0 Å². The van der Waals surface area contributed by atoms with E-state index in [4.69, 9.17) is 0 Å². The van der Waals surface area contributed by atoms with Gasteiger partial charge in [0.15, 0.2) is 9.84 Å². The second-order valence-electron chi connectivity index (χ2n) is 8.67. The SMILES string of the molecule is CC(C)N1CC(c2ccc(S(C)(=O)=O)cc2)=CN(C(c2ccccc2)c2ccccc2)C1. The third-order valence-corrected chi connectivity index (χ3v) is 7.11. The summed E-state index contributed by atoms with van der Waals surface area (Å²) in [5.41, 5.74) is 4.72.